The van der Waals surface area contributed by atoms with Gasteiger partial charge in [-0.15, -0.1) is 0 Å². The SMILES string of the molecule is Cc1cc2c(c(C)c1OC(=O)Nc1ccccc1)CCCC2. The van der Waals surface area contributed by atoms with E-state index in [-0.39, 0.29) is 0 Å². The van der Waals surface area contributed by atoms with E-state index in [1.165, 1.54) is 24.0 Å². The van der Waals surface area contributed by atoms with Crippen molar-refractivity contribution in [3.8, 4) is 5.75 Å². The Kier molecular flexibility index (Phi) is 4.14. The molecule has 3 nitrogen and oxygen atoms in total. The second-order valence-electron chi connectivity index (χ2n) is 5.87. The minimum Gasteiger partial charge on any atom is -0.410 e. The number of aryl methyl sites for hydroxylation is 2. The van der Waals surface area contributed by atoms with E-state index in [0.717, 1.165) is 29.7 Å². The van der Waals surface area contributed by atoms with Crippen LogP contribution < -0.4 is 10.1 Å². The first-order valence-corrected chi connectivity index (χ1v) is 7.81. The van der Waals surface area contributed by atoms with Crippen LogP contribution in [-0.2, 0) is 12.8 Å². The lowest BCUT2D eigenvalue weighted by molar-refractivity contribution is 0.214. The number of carbonyl (C=O) groups is 1. The number of benzene rings is 2. The Labute approximate surface area is 131 Å². The van der Waals surface area contributed by atoms with Gasteiger partial charge < -0.3 is 4.74 Å². The molecule has 3 heteroatoms. The van der Waals surface area contributed by atoms with Gasteiger partial charge in [-0.05, 0) is 73.9 Å². The van der Waals surface area contributed by atoms with Gasteiger partial charge in [0.25, 0.3) is 0 Å². The van der Waals surface area contributed by atoms with Crippen LogP contribution in [0, 0.1) is 13.8 Å². The van der Waals surface area contributed by atoms with Crippen LogP contribution in [0.2, 0.25) is 0 Å². The Hall–Kier alpha value is -2.29. The number of ether oxygens (including phenoxy) is 1. The van der Waals surface area contributed by atoms with Crippen LogP contribution in [0.25, 0.3) is 0 Å². The maximum atomic E-state index is 12.1. The van der Waals surface area contributed by atoms with Gasteiger partial charge in [-0.3, -0.25) is 5.32 Å². The molecule has 0 saturated carbocycles. The molecule has 1 N–H and O–H groups in total. The number of fused-ring (bicyclic) bond motifs is 1. The van der Waals surface area contributed by atoms with E-state index < -0.39 is 6.09 Å². The second kappa shape index (κ2) is 6.22. The van der Waals surface area contributed by atoms with Crippen molar-refractivity contribution in [3.63, 3.8) is 0 Å². The molecule has 0 bridgehead atoms. The smallest absolute Gasteiger partial charge is 0.410 e. The molecule has 0 saturated heterocycles. The highest BCUT2D eigenvalue weighted by Gasteiger charge is 2.19. The van der Waals surface area contributed by atoms with Gasteiger partial charge in [-0.1, -0.05) is 24.3 Å². The van der Waals surface area contributed by atoms with E-state index >= 15 is 0 Å². The number of rotatable bonds is 2. The van der Waals surface area contributed by atoms with E-state index in [9.17, 15) is 4.79 Å². The maximum Gasteiger partial charge on any atom is 0.417 e. The van der Waals surface area contributed by atoms with Crippen molar-refractivity contribution < 1.29 is 9.53 Å². The van der Waals surface area contributed by atoms with E-state index in [1.807, 2.05) is 37.3 Å². The summed E-state index contributed by atoms with van der Waals surface area (Å²) < 4.78 is 5.60. The molecule has 2 aromatic carbocycles. The van der Waals surface area contributed by atoms with Crippen LogP contribution in [0.1, 0.15) is 35.1 Å². The highest BCUT2D eigenvalue weighted by atomic mass is 16.6. The summed E-state index contributed by atoms with van der Waals surface area (Å²) in [6.45, 7) is 4.06. The first-order valence-electron chi connectivity index (χ1n) is 7.81. The highest BCUT2D eigenvalue weighted by Crippen LogP contribution is 2.33. The van der Waals surface area contributed by atoms with Crippen molar-refractivity contribution in [2.45, 2.75) is 39.5 Å². The molecule has 2 aromatic rings. The van der Waals surface area contributed by atoms with Crippen LogP contribution in [0.5, 0.6) is 5.75 Å². The molecule has 0 aliphatic heterocycles. The van der Waals surface area contributed by atoms with Gasteiger partial charge in [0, 0.05) is 5.69 Å². The van der Waals surface area contributed by atoms with Gasteiger partial charge in [0.2, 0.25) is 0 Å². The van der Waals surface area contributed by atoms with E-state index in [1.54, 1.807) is 0 Å². The molecular weight excluding hydrogens is 274 g/mol. The minimum atomic E-state index is -0.437. The van der Waals surface area contributed by atoms with Gasteiger partial charge in [0.05, 0.1) is 0 Å². The van der Waals surface area contributed by atoms with Crippen molar-refractivity contribution in [2.75, 3.05) is 5.32 Å². The molecule has 0 atom stereocenters. The van der Waals surface area contributed by atoms with Gasteiger partial charge >= 0.3 is 6.09 Å². The molecule has 0 spiro atoms. The summed E-state index contributed by atoms with van der Waals surface area (Å²) in [4.78, 5) is 12.1. The Morgan fingerprint density at radius 3 is 2.59 bits per heavy atom. The lowest BCUT2D eigenvalue weighted by Gasteiger charge is -2.22. The Morgan fingerprint density at radius 2 is 1.82 bits per heavy atom. The number of amides is 1. The van der Waals surface area contributed by atoms with Crippen LogP contribution in [0.15, 0.2) is 36.4 Å². The quantitative estimate of drug-likeness (QED) is 0.864. The van der Waals surface area contributed by atoms with Crippen LogP contribution in [0.3, 0.4) is 0 Å². The van der Waals surface area contributed by atoms with Crippen molar-refractivity contribution in [3.05, 3.63) is 58.7 Å². The lowest BCUT2D eigenvalue weighted by atomic mass is 9.87. The molecule has 0 radical (unpaired) electrons. The molecule has 1 aliphatic rings. The molecule has 0 heterocycles. The summed E-state index contributed by atoms with van der Waals surface area (Å²) in [5.74, 6) is 0.703. The molecule has 3 rings (SSSR count). The lowest BCUT2D eigenvalue weighted by Crippen LogP contribution is -2.18. The third-order valence-corrected chi connectivity index (χ3v) is 4.27. The van der Waals surface area contributed by atoms with E-state index in [4.69, 9.17) is 4.74 Å². The first kappa shape index (κ1) is 14.6. The van der Waals surface area contributed by atoms with Crippen molar-refractivity contribution >= 4 is 11.8 Å². The summed E-state index contributed by atoms with van der Waals surface area (Å²) in [5, 5.41) is 2.76. The van der Waals surface area contributed by atoms with Crippen molar-refractivity contribution in [1.82, 2.24) is 0 Å². The van der Waals surface area contributed by atoms with Crippen molar-refractivity contribution in [1.29, 1.82) is 0 Å². The third kappa shape index (κ3) is 2.98. The van der Waals surface area contributed by atoms with Crippen molar-refractivity contribution in [2.24, 2.45) is 0 Å². The maximum absolute atomic E-state index is 12.1. The number of carbonyl (C=O) groups excluding carboxylic acids is 1. The highest BCUT2D eigenvalue weighted by molar-refractivity contribution is 5.86. The van der Waals surface area contributed by atoms with E-state index in [2.05, 4.69) is 18.3 Å². The average molecular weight is 295 g/mol. The number of anilines is 1. The van der Waals surface area contributed by atoms with Crippen LogP contribution in [-0.4, -0.2) is 6.09 Å². The Bertz CT molecular complexity index is 692. The monoisotopic (exact) mass is 295 g/mol. The number of nitrogens with one attached hydrogen (secondary N) is 1. The molecule has 0 aromatic heterocycles. The standard InChI is InChI=1S/C19H21NO2/c1-13-12-15-8-6-7-11-17(15)14(2)18(13)22-19(21)20-16-9-4-3-5-10-16/h3-5,9-10,12H,6-8,11H2,1-2H3,(H,20,21). The van der Waals surface area contributed by atoms with Gasteiger partial charge in [0.15, 0.2) is 0 Å². The summed E-state index contributed by atoms with van der Waals surface area (Å²) in [5.41, 5.74) is 5.65. The fourth-order valence-electron chi connectivity index (χ4n) is 3.19. The third-order valence-electron chi connectivity index (χ3n) is 4.27. The summed E-state index contributed by atoms with van der Waals surface area (Å²) in [6.07, 6.45) is 4.24. The molecule has 0 fully saturated rings. The predicted octanol–water partition coefficient (Wildman–Crippen LogP) is 4.79. The summed E-state index contributed by atoms with van der Waals surface area (Å²) in [6, 6.07) is 11.5. The van der Waals surface area contributed by atoms with Crippen LogP contribution in [0.4, 0.5) is 10.5 Å². The first-order chi connectivity index (χ1) is 10.6. The number of hydrogen-bond donors (Lipinski definition) is 1. The zero-order valence-corrected chi connectivity index (χ0v) is 13.1. The predicted molar refractivity (Wildman–Crippen MR) is 88.6 cm³/mol. The normalized spacial score (nSPS) is 13.4. The minimum absolute atomic E-state index is 0.437. The molecule has 22 heavy (non-hydrogen) atoms. The topological polar surface area (TPSA) is 38.3 Å². The summed E-state index contributed by atoms with van der Waals surface area (Å²) >= 11 is 0. The molecule has 0 unspecified atom stereocenters. The van der Waals surface area contributed by atoms with Gasteiger partial charge in [-0.2, -0.15) is 0 Å². The second-order valence-corrected chi connectivity index (χ2v) is 5.87. The fraction of sp³-hybridized carbons (Fsp3) is 0.316. The average Bonchev–Trinajstić information content (AvgIpc) is 2.52. The number of para-hydroxylation sites is 1. The molecule has 1 amide bonds. The van der Waals surface area contributed by atoms with Gasteiger partial charge in [-0.25, -0.2) is 4.79 Å². The summed E-state index contributed by atoms with van der Waals surface area (Å²) in [7, 11) is 0. The van der Waals surface area contributed by atoms with Crippen LogP contribution >= 0.6 is 0 Å². The molecular formula is C19H21NO2. The van der Waals surface area contributed by atoms with Gasteiger partial charge in [0.1, 0.15) is 5.75 Å². The molecule has 1 aliphatic carbocycles. The fourth-order valence-corrected chi connectivity index (χ4v) is 3.19. The largest absolute Gasteiger partial charge is 0.417 e. The zero-order chi connectivity index (χ0) is 15.5. The Morgan fingerprint density at radius 1 is 1.09 bits per heavy atom. The zero-order valence-electron chi connectivity index (χ0n) is 13.1. The van der Waals surface area contributed by atoms with E-state index in [0.29, 0.717) is 5.75 Å². The Balaban J connectivity index is 1.81. The molecule has 114 valence electrons. The number of hydrogen-bond acceptors (Lipinski definition) is 2.